The first-order valence-electron chi connectivity index (χ1n) is 16.1. The molecule has 0 heterocycles. The summed E-state index contributed by atoms with van der Waals surface area (Å²) in [6.07, 6.45) is 19.1. The van der Waals surface area contributed by atoms with E-state index in [1.165, 1.54) is 0 Å². The Hall–Kier alpha value is -2.12. The van der Waals surface area contributed by atoms with Gasteiger partial charge < -0.3 is 10.2 Å². The van der Waals surface area contributed by atoms with Gasteiger partial charge in [0.25, 0.3) is 0 Å². The van der Waals surface area contributed by atoms with Crippen molar-refractivity contribution >= 4 is 21.5 Å². The summed E-state index contributed by atoms with van der Waals surface area (Å²) in [5, 5.41) is 24.8. The number of phenols is 2. The topological polar surface area (TPSA) is 40.5 Å². The van der Waals surface area contributed by atoms with Crippen LogP contribution in [0.5, 0.6) is 11.5 Å². The predicted octanol–water partition coefficient (Wildman–Crippen LogP) is 10.5. The Morgan fingerprint density at radius 1 is 0.488 bits per heavy atom. The van der Waals surface area contributed by atoms with E-state index in [9.17, 15) is 10.2 Å². The van der Waals surface area contributed by atoms with Crippen LogP contribution in [0.15, 0.2) is 72.8 Å². The van der Waals surface area contributed by atoms with Crippen molar-refractivity contribution in [3.8, 4) is 22.6 Å². The molecule has 4 aromatic carbocycles. The zero-order chi connectivity index (χ0) is 27.1. The van der Waals surface area contributed by atoms with Gasteiger partial charge in [0.2, 0.25) is 0 Å². The molecule has 0 spiro atoms. The molecule has 4 fully saturated rings. The second-order valence-corrected chi connectivity index (χ2v) is 13.5. The van der Waals surface area contributed by atoms with E-state index < -0.39 is 0 Å². The van der Waals surface area contributed by atoms with Crippen molar-refractivity contribution in [3.63, 3.8) is 0 Å². The maximum atomic E-state index is 10.4. The van der Waals surface area contributed by atoms with Gasteiger partial charge in [-0.15, -0.1) is 0 Å². The first-order valence-corrected chi connectivity index (χ1v) is 16.1. The molecule has 0 radical (unpaired) electrons. The Balaban J connectivity index is 0.000000146. The van der Waals surface area contributed by atoms with E-state index in [4.69, 9.17) is 0 Å². The van der Waals surface area contributed by atoms with Crippen LogP contribution in [0.25, 0.3) is 32.7 Å². The molecule has 4 aliphatic carbocycles. The van der Waals surface area contributed by atoms with Gasteiger partial charge in [0.1, 0.15) is 11.5 Å². The zero-order valence-corrected chi connectivity index (χ0v) is 26.7. The summed E-state index contributed by atoms with van der Waals surface area (Å²) in [4.78, 5) is 0. The normalized spacial score (nSPS) is 28.2. The van der Waals surface area contributed by atoms with Crippen LogP contribution < -0.4 is 0 Å². The van der Waals surface area contributed by atoms with Gasteiger partial charge in [0.15, 0.2) is 0 Å². The van der Waals surface area contributed by atoms with E-state index >= 15 is 0 Å². The molecule has 2 nitrogen and oxygen atoms in total. The van der Waals surface area contributed by atoms with E-state index in [0.717, 1.165) is 57.1 Å². The van der Waals surface area contributed by atoms with Gasteiger partial charge in [0, 0.05) is 11.1 Å². The maximum absolute atomic E-state index is 10.4. The van der Waals surface area contributed by atoms with Crippen LogP contribution in [0.4, 0.5) is 0 Å². The molecule has 8 rings (SSSR count). The number of phenolic OH excluding ortho intramolecular Hbond substituents is 2. The smallest absolute Gasteiger partial charge is 0.507 e. The molecule has 2 N–H and O–H groups in total. The largest absolute Gasteiger partial charge is 2.00 e. The fourth-order valence-electron chi connectivity index (χ4n) is 9.36. The molecule has 4 aliphatic rings. The first-order chi connectivity index (χ1) is 19.6. The average molecular weight is 624 g/mol. The summed E-state index contributed by atoms with van der Waals surface area (Å²) in [6.45, 7) is 0. The van der Waals surface area contributed by atoms with Gasteiger partial charge >= 0.3 is 26.2 Å². The van der Waals surface area contributed by atoms with Crippen LogP contribution in [0.3, 0.4) is 0 Å². The molecule has 0 amide bonds. The van der Waals surface area contributed by atoms with Gasteiger partial charge in [-0.05, 0) is 94.9 Å². The summed E-state index contributed by atoms with van der Waals surface area (Å²) in [7, 11) is 0. The molecule has 4 atom stereocenters. The molecule has 3 heteroatoms. The van der Waals surface area contributed by atoms with E-state index in [2.05, 4.69) is 0 Å². The Morgan fingerprint density at radius 2 is 0.854 bits per heavy atom. The fraction of sp³-hybridized carbons (Fsp3) is 0.474. The van der Waals surface area contributed by atoms with Crippen molar-refractivity contribution in [2.45, 2.75) is 77.0 Å². The minimum absolute atomic E-state index is 0. The molecule has 0 aromatic heterocycles. The minimum Gasteiger partial charge on any atom is -0.507 e. The number of hydrogen-bond acceptors (Lipinski definition) is 2. The van der Waals surface area contributed by atoms with Crippen LogP contribution >= 0.6 is 0 Å². The second kappa shape index (κ2) is 12.6. The predicted molar refractivity (Wildman–Crippen MR) is 167 cm³/mol. The monoisotopic (exact) mass is 622 g/mol. The summed E-state index contributed by atoms with van der Waals surface area (Å²) < 4.78 is 0. The van der Waals surface area contributed by atoms with Crippen molar-refractivity contribution in [1.82, 2.24) is 0 Å². The second-order valence-electron chi connectivity index (χ2n) is 13.5. The SMILES string of the molecule is C1CC2CC(CCC3CC4CCCC4C3)CC2C1.Oc1ccc2ccccc2c1-c1c(O)ccc2ccccc12.[Zr+2]. The quantitative estimate of drug-likeness (QED) is 0.237. The minimum atomic E-state index is 0. The summed E-state index contributed by atoms with van der Waals surface area (Å²) in [5.74, 6) is 7.28. The summed E-state index contributed by atoms with van der Waals surface area (Å²) >= 11 is 0. The van der Waals surface area contributed by atoms with Crippen molar-refractivity contribution in [3.05, 3.63) is 72.8 Å². The Morgan fingerprint density at radius 3 is 1.24 bits per heavy atom. The van der Waals surface area contributed by atoms with Crippen LogP contribution in [-0.4, -0.2) is 10.2 Å². The van der Waals surface area contributed by atoms with Crippen LogP contribution in [0, 0.1) is 35.5 Å². The molecule has 41 heavy (non-hydrogen) atoms. The molecule has 4 unspecified atom stereocenters. The van der Waals surface area contributed by atoms with Crippen molar-refractivity contribution < 1.29 is 36.4 Å². The molecular formula is C38H44O2Zr+2. The molecule has 0 saturated heterocycles. The number of hydrogen-bond donors (Lipinski definition) is 2. The summed E-state index contributed by atoms with van der Waals surface area (Å²) in [5.41, 5.74) is 1.35. The van der Waals surface area contributed by atoms with Gasteiger partial charge in [-0.3, -0.25) is 0 Å². The molecule has 4 aromatic rings. The number of rotatable bonds is 4. The number of benzene rings is 4. The van der Waals surface area contributed by atoms with Crippen LogP contribution in [-0.2, 0) is 26.2 Å². The Bertz CT molecular complexity index is 1360. The molecule has 0 bridgehead atoms. The maximum Gasteiger partial charge on any atom is 2.00 e. The first kappa shape index (κ1) is 29.0. The van der Waals surface area contributed by atoms with Crippen molar-refractivity contribution in [1.29, 1.82) is 0 Å². The standard InChI is InChI=1S/C20H14O2.C18H30.Zr/c21-17-11-9-13-5-1-3-7-15(13)19(17)20-16-8-4-2-6-14(16)10-12-18(20)22;1-3-15-9-13(10-16(15)4-1)7-8-14-11-17-5-2-6-18(17)12-14;/h1-12,21-22H;13-18H,1-12H2;/q;;+2. The van der Waals surface area contributed by atoms with Crippen LogP contribution in [0.1, 0.15) is 77.0 Å². The summed E-state index contributed by atoms with van der Waals surface area (Å²) in [6, 6.07) is 22.9. The van der Waals surface area contributed by atoms with Crippen molar-refractivity contribution in [2.75, 3.05) is 0 Å². The van der Waals surface area contributed by atoms with E-state index in [1.54, 1.807) is 89.2 Å². The van der Waals surface area contributed by atoms with Gasteiger partial charge in [-0.1, -0.05) is 112 Å². The Kier molecular flexibility index (Phi) is 8.92. The molecule has 0 aliphatic heterocycles. The zero-order valence-electron chi connectivity index (χ0n) is 24.3. The molecule has 210 valence electrons. The van der Waals surface area contributed by atoms with Gasteiger partial charge in [-0.2, -0.15) is 0 Å². The molecular weight excluding hydrogens is 580 g/mol. The third-order valence-electron chi connectivity index (χ3n) is 11.2. The van der Waals surface area contributed by atoms with Gasteiger partial charge in [-0.25, -0.2) is 0 Å². The van der Waals surface area contributed by atoms with E-state index in [1.807, 2.05) is 60.7 Å². The van der Waals surface area contributed by atoms with E-state index in [-0.39, 0.29) is 37.7 Å². The van der Waals surface area contributed by atoms with Crippen molar-refractivity contribution in [2.24, 2.45) is 35.5 Å². The van der Waals surface area contributed by atoms with E-state index in [0.29, 0.717) is 11.1 Å². The van der Waals surface area contributed by atoms with Crippen LogP contribution in [0.2, 0.25) is 0 Å². The molecule has 4 saturated carbocycles. The van der Waals surface area contributed by atoms with Gasteiger partial charge in [0.05, 0.1) is 0 Å². The Labute approximate surface area is 264 Å². The third kappa shape index (κ3) is 5.91. The number of aromatic hydroxyl groups is 2. The number of fused-ring (bicyclic) bond motifs is 4. The average Bonchev–Trinajstić information content (AvgIpc) is 3.75. The third-order valence-corrected chi connectivity index (χ3v) is 11.2. The fourth-order valence-corrected chi connectivity index (χ4v) is 9.36.